The number of para-hydroxylation sites is 1. The number of hydrogen-bond acceptors (Lipinski definition) is 4. The molecule has 15 heavy (non-hydrogen) atoms. The van der Waals surface area contributed by atoms with Crippen molar-refractivity contribution in [3.8, 4) is 11.5 Å². The predicted octanol–water partition coefficient (Wildman–Crippen LogP) is 1.78. The van der Waals surface area contributed by atoms with E-state index >= 15 is 0 Å². The van der Waals surface area contributed by atoms with Crippen molar-refractivity contribution < 1.29 is 28.2 Å². The number of hydrogen-bond donors (Lipinski definition) is 1. The molecule has 4 nitrogen and oxygen atoms in total. The van der Waals surface area contributed by atoms with E-state index in [4.69, 9.17) is 0 Å². The van der Waals surface area contributed by atoms with Crippen molar-refractivity contribution in [2.45, 2.75) is 6.61 Å². The molecular weight excluding hydrogens is 210 g/mol. The summed E-state index contributed by atoms with van der Waals surface area (Å²) >= 11 is 0. The third kappa shape index (κ3) is 2.55. The van der Waals surface area contributed by atoms with Gasteiger partial charge in [-0.3, -0.25) is 0 Å². The van der Waals surface area contributed by atoms with E-state index in [0.29, 0.717) is 0 Å². The van der Waals surface area contributed by atoms with Crippen LogP contribution in [0, 0.1) is 0 Å². The van der Waals surface area contributed by atoms with Crippen LogP contribution in [0.4, 0.5) is 8.78 Å². The third-order valence-corrected chi connectivity index (χ3v) is 1.62. The van der Waals surface area contributed by atoms with Crippen LogP contribution in [0.1, 0.15) is 10.4 Å². The maximum absolute atomic E-state index is 11.9. The van der Waals surface area contributed by atoms with Gasteiger partial charge in [0.1, 0.15) is 5.56 Å². The second kappa shape index (κ2) is 4.59. The quantitative estimate of drug-likeness (QED) is 0.785. The molecule has 0 saturated carbocycles. The van der Waals surface area contributed by atoms with Gasteiger partial charge >= 0.3 is 12.6 Å². The minimum Gasteiger partial charge on any atom is -0.504 e. The SMILES string of the molecule is COC(=O)c1cccc(OC(F)F)c1O. The number of carbonyl (C=O) groups is 1. The second-order valence-electron chi connectivity index (χ2n) is 2.52. The van der Waals surface area contributed by atoms with Gasteiger partial charge in [-0.1, -0.05) is 6.07 Å². The van der Waals surface area contributed by atoms with Gasteiger partial charge < -0.3 is 14.6 Å². The van der Waals surface area contributed by atoms with Crippen molar-refractivity contribution in [2.75, 3.05) is 7.11 Å². The molecular formula is C9H8F2O4. The molecule has 0 heterocycles. The first kappa shape index (κ1) is 11.2. The fraction of sp³-hybridized carbons (Fsp3) is 0.222. The summed E-state index contributed by atoms with van der Waals surface area (Å²) in [7, 11) is 1.11. The summed E-state index contributed by atoms with van der Waals surface area (Å²) in [4.78, 5) is 11.0. The van der Waals surface area contributed by atoms with Crippen molar-refractivity contribution in [2.24, 2.45) is 0 Å². The fourth-order valence-corrected chi connectivity index (χ4v) is 0.988. The fourth-order valence-electron chi connectivity index (χ4n) is 0.988. The smallest absolute Gasteiger partial charge is 0.387 e. The van der Waals surface area contributed by atoms with Crippen LogP contribution in [0.25, 0.3) is 0 Å². The van der Waals surface area contributed by atoms with Gasteiger partial charge in [0.2, 0.25) is 0 Å². The van der Waals surface area contributed by atoms with Gasteiger partial charge in [0.05, 0.1) is 7.11 Å². The van der Waals surface area contributed by atoms with Crippen molar-refractivity contribution in [3.63, 3.8) is 0 Å². The van der Waals surface area contributed by atoms with Crippen LogP contribution >= 0.6 is 0 Å². The Labute approximate surface area is 84.0 Å². The molecule has 0 unspecified atom stereocenters. The molecule has 1 N–H and O–H groups in total. The summed E-state index contributed by atoms with van der Waals surface area (Å²) in [5.41, 5.74) is -0.226. The van der Waals surface area contributed by atoms with Crippen molar-refractivity contribution >= 4 is 5.97 Å². The normalized spacial score (nSPS) is 10.1. The molecule has 1 rings (SSSR count). The Morgan fingerprint density at radius 3 is 2.67 bits per heavy atom. The molecule has 0 amide bonds. The first-order valence-electron chi connectivity index (χ1n) is 3.91. The first-order valence-corrected chi connectivity index (χ1v) is 3.91. The van der Waals surface area contributed by atoms with Crippen molar-refractivity contribution in [1.29, 1.82) is 0 Å². The number of benzene rings is 1. The summed E-state index contributed by atoms with van der Waals surface area (Å²) in [6.07, 6.45) is 0. The Morgan fingerprint density at radius 2 is 2.13 bits per heavy atom. The van der Waals surface area contributed by atoms with E-state index in [0.717, 1.165) is 13.2 Å². The largest absolute Gasteiger partial charge is 0.504 e. The van der Waals surface area contributed by atoms with Crippen LogP contribution < -0.4 is 4.74 Å². The summed E-state index contributed by atoms with van der Waals surface area (Å²) in [5, 5.41) is 9.38. The topological polar surface area (TPSA) is 55.8 Å². The molecule has 1 aromatic carbocycles. The zero-order valence-corrected chi connectivity index (χ0v) is 7.74. The number of aromatic hydroxyl groups is 1. The van der Waals surface area contributed by atoms with Crippen LogP contribution in [-0.4, -0.2) is 24.8 Å². The average molecular weight is 218 g/mol. The lowest BCUT2D eigenvalue weighted by Crippen LogP contribution is -2.05. The number of phenols is 1. The first-order chi connectivity index (χ1) is 7.06. The minimum absolute atomic E-state index is 0.226. The number of esters is 1. The molecule has 0 saturated heterocycles. The van der Waals surface area contributed by atoms with E-state index in [2.05, 4.69) is 9.47 Å². The number of halogens is 2. The Balaban J connectivity index is 3.05. The van der Waals surface area contributed by atoms with Crippen LogP contribution in [0.5, 0.6) is 11.5 Å². The van der Waals surface area contributed by atoms with Crippen LogP contribution in [-0.2, 0) is 4.74 Å². The molecule has 0 spiro atoms. The highest BCUT2D eigenvalue weighted by molar-refractivity contribution is 5.93. The molecule has 0 atom stereocenters. The zero-order valence-electron chi connectivity index (χ0n) is 7.74. The van der Waals surface area contributed by atoms with Gasteiger partial charge in [0, 0.05) is 0 Å². The van der Waals surface area contributed by atoms with E-state index in [1.54, 1.807) is 0 Å². The Kier molecular flexibility index (Phi) is 3.43. The van der Waals surface area contributed by atoms with Gasteiger partial charge in [-0.15, -0.1) is 0 Å². The highest BCUT2D eigenvalue weighted by atomic mass is 19.3. The second-order valence-corrected chi connectivity index (χ2v) is 2.52. The van der Waals surface area contributed by atoms with Gasteiger partial charge in [-0.2, -0.15) is 8.78 Å². The number of phenolic OH excluding ortho intramolecular Hbond substituents is 1. The standard InChI is InChI=1S/C9H8F2O4/c1-14-8(13)5-3-2-4-6(7(5)12)15-9(10)11/h2-4,9,12H,1H3. The van der Waals surface area contributed by atoms with Crippen molar-refractivity contribution in [1.82, 2.24) is 0 Å². The summed E-state index contributed by atoms with van der Waals surface area (Å²) in [5.74, 6) is -1.95. The molecule has 0 fully saturated rings. The number of alkyl halides is 2. The molecule has 82 valence electrons. The number of carbonyl (C=O) groups excluding carboxylic acids is 1. The van der Waals surface area contributed by atoms with Crippen molar-refractivity contribution in [3.05, 3.63) is 23.8 Å². The van der Waals surface area contributed by atoms with Gasteiger partial charge in [-0.05, 0) is 12.1 Å². The van der Waals surface area contributed by atoms with Gasteiger partial charge in [0.15, 0.2) is 11.5 Å². The van der Waals surface area contributed by atoms with Gasteiger partial charge in [0.25, 0.3) is 0 Å². The lowest BCUT2D eigenvalue weighted by molar-refractivity contribution is -0.0513. The molecule has 0 radical (unpaired) electrons. The monoisotopic (exact) mass is 218 g/mol. The summed E-state index contributed by atoms with van der Waals surface area (Å²) in [6.45, 7) is -3.07. The Morgan fingerprint density at radius 1 is 1.47 bits per heavy atom. The summed E-state index contributed by atoms with van der Waals surface area (Å²) < 4.78 is 32.1. The molecule has 0 bridgehead atoms. The Bertz CT molecular complexity index is 365. The van der Waals surface area contributed by atoms with E-state index in [-0.39, 0.29) is 5.56 Å². The third-order valence-electron chi connectivity index (χ3n) is 1.62. The maximum atomic E-state index is 11.9. The zero-order chi connectivity index (χ0) is 11.4. The van der Waals surface area contributed by atoms with E-state index in [1.165, 1.54) is 12.1 Å². The lowest BCUT2D eigenvalue weighted by Gasteiger charge is -2.08. The van der Waals surface area contributed by atoms with Gasteiger partial charge in [-0.25, -0.2) is 4.79 Å². The molecule has 6 heteroatoms. The molecule has 0 aliphatic rings. The molecule has 0 aliphatic heterocycles. The minimum atomic E-state index is -3.07. The Hall–Kier alpha value is -1.85. The number of rotatable bonds is 3. The molecule has 0 aliphatic carbocycles. The number of methoxy groups -OCH3 is 1. The predicted molar refractivity (Wildman–Crippen MR) is 46.1 cm³/mol. The maximum Gasteiger partial charge on any atom is 0.387 e. The number of ether oxygens (including phenoxy) is 2. The van der Waals surface area contributed by atoms with E-state index in [9.17, 15) is 18.7 Å². The lowest BCUT2D eigenvalue weighted by atomic mass is 10.2. The molecule has 0 aromatic heterocycles. The highest BCUT2D eigenvalue weighted by Gasteiger charge is 2.17. The summed E-state index contributed by atoms with van der Waals surface area (Å²) in [6, 6.07) is 3.65. The highest BCUT2D eigenvalue weighted by Crippen LogP contribution is 2.31. The van der Waals surface area contributed by atoms with E-state index in [1.807, 2.05) is 0 Å². The van der Waals surface area contributed by atoms with Crippen LogP contribution in [0.15, 0.2) is 18.2 Å². The van der Waals surface area contributed by atoms with E-state index < -0.39 is 24.1 Å². The average Bonchev–Trinajstić information content (AvgIpc) is 2.19. The van der Waals surface area contributed by atoms with Crippen LogP contribution in [0.3, 0.4) is 0 Å². The van der Waals surface area contributed by atoms with Crippen LogP contribution in [0.2, 0.25) is 0 Å². The molecule has 1 aromatic rings.